The summed E-state index contributed by atoms with van der Waals surface area (Å²) in [5, 5.41) is 0. The molecule has 1 atom stereocenters. The highest BCUT2D eigenvalue weighted by Crippen LogP contribution is 2.20. The van der Waals surface area contributed by atoms with Crippen molar-refractivity contribution in [3.05, 3.63) is 29.8 Å². The summed E-state index contributed by atoms with van der Waals surface area (Å²) < 4.78 is 5.10. The number of esters is 1. The molecule has 3 nitrogen and oxygen atoms in total. The molecule has 0 fully saturated rings. The van der Waals surface area contributed by atoms with Gasteiger partial charge in [-0.25, -0.2) is 0 Å². The first-order valence-corrected chi connectivity index (χ1v) is 5.54. The van der Waals surface area contributed by atoms with Crippen LogP contribution in [-0.2, 0) is 9.53 Å². The molecule has 88 valence electrons. The minimum absolute atomic E-state index is 0.0499. The Labute approximate surface area is 96.6 Å². The second-order valence-corrected chi connectivity index (χ2v) is 4.31. The fraction of sp³-hybridized carbons (Fsp3) is 0.462. The van der Waals surface area contributed by atoms with E-state index in [2.05, 4.69) is 0 Å². The average Bonchev–Trinajstić information content (AvgIpc) is 2.16. The van der Waals surface area contributed by atoms with Crippen LogP contribution in [0.2, 0.25) is 0 Å². The summed E-state index contributed by atoms with van der Waals surface area (Å²) in [5.41, 5.74) is 7.45. The molecule has 0 aliphatic carbocycles. The summed E-state index contributed by atoms with van der Waals surface area (Å²) in [6.07, 6.45) is 0.355. The van der Waals surface area contributed by atoms with Gasteiger partial charge in [-0.1, -0.05) is 19.1 Å². The fourth-order valence-corrected chi connectivity index (χ4v) is 1.50. The summed E-state index contributed by atoms with van der Waals surface area (Å²) >= 11 is 0. The Bertz CT molecular complexity index is 343. The van der Waals surface area contributed by atoms with E-state index in [1.165, 1.54) is 0 Å². The van der Waals surface area contributed by atoms with Crippen LogP contribution in [0.25, 0.3) is 0 Å². The van der Waals surface area contributed by atoms with Gasteiger partial charge < -0.3 is 10.5 Å². The van der Waals surface area contributed by atoms with Crippen LogP contribution in [0, 0.1) is 0 Å². The predicted molar refractivity (Wildman–Crippen MR) is 65.1 cm³/mol. The summed E-state index contributed by atoms with van der Waals surface area (Å²) in [7, 11) is 0. The molecule has 0 aliphatic heterocycles. The van der Waals surface area contributed by atoms with Crippen molar-refractivity contribution in [3.8, 4) is 0 Å². The first kappa shape index (κ1) is 12.6. The summed E-state index contributed by atoms with van der Waals surface area (Å²) in [6.45, 7) is 5.71. The summed E-state index contributed by atoms with van der Waals surface area (Å²) in [6, 6.07) is 7.59. The van der Waals surface area contributed by atoms with E-state index >= 15 is 0 Å². The molecule has 1 unspecified atom stereocenters. The maximum atomic E-state index is 11.5. The van der Waals surface area contributed by atoms with E-state index in [-0.39, 0.29) is 18.0 Å². The lowest BCUT2D eigenvalue weighted by Gasteiger charge is -2.13. The van der Waals surface area contributed by atoms with Gasteiger partial charge in [-0.15, -0.1) is 0 Å². The number of rotatable bonds is 4. The smallest absolute Gasteiger partial charge is 0.306 e. The van der Waals surface area contributed by atoms with Crippen molar-refractivity contribution in [2.75, 3.05) is 5.73 Å². The molecule has 0 spiro atoms. The Hall–Kier alpha value is -1.51. The SMILES string of the molecule is CC(C)OC(=O)CC(C)c1ccc(N)cc1. The van der Waals surface area contributed by atoms with Crippen LogP contribution in [0.3, 0.4) is 0 Å². The summed E-state index contributed by atoms with van der Waals surface area (Å²) in [5.74, 6) is 0.00572. The molecule has 1 rings (SSSR count). The molecule has 0 bridgehead atoms. The first-order valence-electron chi connectivity index (χ1n) is 5.54. The van der Waals surface area contributed by atoms with Crippen molar-refractivity contribution in [3.63, 3.8) is 0 Å². The molecule has 3 heteroatoms. The molecule has 0 saturated heterocycles. The van der Waals surface area contributed by atoms with Gasteiger partial charge in [-0.2, -0.15) is 0 Å². The number of carbonyl (C=O) groups excluding carboxylic acids is 1. The molecule has 0 saturated carbocycles. The molecule has 0 amide bonds. The molecule has 1 aromatic rings. The van der Waals surface area contributed by atoms with Crippen molar-refractivity contribution >= 4 is 11.7 Å². The van der Waals surface area contributed by atoms with Gasteiger partial charge in [0.05, 0.1) is 12.5 Å². The van der Waals surface area contributed by atoms with Crippen LogP contribution in [0.1, 0.15) is 38.7 Å². The Kier molecular flexibility index (Phi) is 4.35. The first-order chi connectivity index (χ1) is 7.49. The van der Waals surface area contributed by atoms with E-state index in [1.807, 2.05) is 45.0 Å². The molecule has 0 aliphatic rings. The van der Waals surface area contributed by atoms with Crippen LogP contribution >= 0.6 is 0 Å². The van der Waals surface area contributed by atoms with Crippen LogP contribution in [0.15, 0.2) is 24.3 Å². The van der Waals surface area contributed by atoms with E-state index in [1.54, 1.807) is 0 Å². The minimum atomic E-state index is -0.153. The summed E-state index contributed by atoms with van der Waals surface area (Å²) in [4.78, 5) is 11.5. The topological polar surface area (TPSA) is 52.3 Å². The maximum Gasteiger partial charge on any atom is 0.306 e. The van der Waals surface area contributed by atoms with Gasteiger partial charge in [0.15, 0.2) is 0 Å². The molecule has 16 heavy (non-hydrogen) atoms. The number of carbonyl (C=O) groups is 1. The zero-order valence-electron chi connectivity index (χ0n) is 10.1. The van der Waals surface area contributed by atoms with Crippen LogP contribution < -0.4 is 5.73 Å². The van der Waals surface area contributed by atoms with E-state index in [4.69, 9.17) is 10.5 Å². The van der Waals surface area contributed by atoms with Crippen molar-refractivity contribution < 1.29 is 9.53 Å². The van der Waals surface area contributed by atoms with Crippen molar-refractivity contribution in [2.45, 2.75) is 39.2 Å². The second kappa shape index (κ2) is 5.54. The minimum Gasteiger partial charge on any atom is -0.463 e. The standard InChI is InChI=1S/C13H19NO2/c1-9(2)16-13(15)8-10(3)11-4-6-12(14)7-5-11/h4-7,9-10H,8,14H2,1-3H3. The maximum absolute atomic E-state index is 11.5. The molecule has 0 heterocycles. The van der Waals surface area contributed by atoms with Crippen molar-refractivity contribution in [1.29, 1.82) is 0 Å². The fourth-order valence-electron chi connectivity index (χ4n) is 1.50. The molecule has 1 aromatic carbocycles. The van der Waals surface area contributed by atoms with E-state index in [0.29, 0.717) is 6.42 Å². The normalized spacial score (nSPS) is 12.5. The van der Waals surface area contributed by atoms with Crippen molar-refractivity contribution in [1.82, 2.24) is 0 Å². The third-order valence-electron chi connectivity index (χ3n) is 2.35. The van der Waals surface area contributed by atoms with Gasteiger partial charge in [0.25, 0.3) is 0 Å². The molecular weight excluding hydrogens is 202 g/mol. The van der Waals surface area contributed by atoms with Gasteiger partial charge >= 0.3 is 5.97 Å². The number of hydrogen-bond donors (Lipinski definition) is 1. The van der Waals surface area contributed by atoms with E-state index in [9.17, 15) is 4.79 Å². The highest BCUT2D eigenvalue weighted by Gasteiger charge is 2.13. The number of hydrogen-bond acceptors (Lipinski definition) is 3. The quantitative estimate of drug-likeness (QED) is 0.628. The second-order valence-electron chi connectivity index (χ2n) is 4.31. The third-order valence-corrected chi connectivity index (χ3v) is 2.35. The van der Waals surface area contributed by atoms with Gasteiger partial charge in [0, 0.05) is 5.69 Å². The lowest BCUT2D eigenvalue weighted by atomic mass is 9.98. The van der Waals surface area contributed by atoms with E-state index in [0.717, 1.165) is 11.3 Å². The average molecular weight is 221 g/mol. The molecule has 0 radical (unpaired) electrons. The van der Waals surface area contributed by atoms with Gasteiger partial charge in [0.2, 0.25) is 0 Å². The third kappa shape index (κ3) is 3.93. The molecular formula is C13H19NO2. The Morgan fingerprint density at radius 2 is 1.81 bits per heavy atom. The number of anilines is 1. The zero-order valence-corrected chi connectivity index (χ0v) is 10.1. The molecule has 0 aromatic heterocycles. The van der Waals surface area contributed by atoms with Gasteiger partial charge in [-0.05, 0) is 37.5 Å². The Balaban J connectivity index is 2.55. The Morgan fingerprint density at radius 3 is 2.31 bits per heavy atom. The monoisotopic (exact) mass is 221 g/mol. The zero-order chi connectivity index (χ0) is 12.1. The predicted octanol–water partition coefficient (Wildman–Crippen LogP) is 2.71. The van der Waals surface area contributed by atoms with Gasteiger partial charge in [0.1, 0.15) is 0 Å². The number of nitrogens with two attached hydrogens (primary N) is 1. The van der Waals surface area contributed by atoms with Crippen LogP contribution in [0.4, 0.5) is 5.69 Å². The van der Waals surface area contributed by atoms with Gasteiger partial charge in [-0.3, -0.25) is 4.79 Å². The number of ether oxygens (including phenoxy) is 1. The Morgan fingerprint density at radius 1 is 1.25 bits per heavy atom. The van der Waals surface area contributed by atoms with Crippen molar-refractivity contribution in [2.24, 2.45) is 0 Å². The number of benzene rings is 1. The highest BCUT2D eigenvalue weighted by atomic mass is 16.5. The largest absolute Gasteiger partial charge is 0.463 e. The lowest BCUT2D eigenvalue weighted by Crippen LogP contribution is -2.13. The number of nitrogen functional groups attached to an aromatic ring is 1. The van der Waals surface area contributed by atoms with Crippen LogP contribution in [0.5, 0.6) is 0 Å². The van der Waals surface area contributed by atoms with Crippen LogP contribution in [-0.4, -0.2) is 12.1 Å². The molecule has 2 N–H and O–H groups in total. The van der Waals surface area contributed by atoms with E-state index < -0.39 is 0 Å². The highest BCUT2D eigenvalue weighted by molar-refractivity contribution is 5.70. The lowest BCUT2D eigenvalue weighted by molar-refractivity contribution is -0.147.